The Hall–Kier alpha value is -2.90. The van der Waals surface area contributed by atoms with Gasteiger partial charge in [-0.15, -0.1) is 0 Å². The molecule has 3 rings (SSSR count). The maximum atomic E-state index is 11.3. The summed E-state index contributed by atoms with van der Waals surface area (Å²) in [4.78, 5) is 29.1. The number of hydrogen-bond acceptors (Lipinski definition) is 6. The van der Waals surface area contributed by atoms with Crippen LogP contribution in [0.25, 0.3) is 17.1 Å². The third-order valence-corrected chi connectivity index (χ3v) is 3.26. The van der Waals surface area contributed by atoms with Crippen LogP contribution >= 0.6 is 0 Å². The molecule has 0 N–H and O–H groups in total. The first kappa shape index (κ1) is 12.2. The summed E-state index contributed by atoms with van der Waals surface area (Å²) in [7, 11) is 0. The summed E-state index contributed by atoms with van der Waals surface area (Å²) < 4.78 is 0. The van der Waals surface area contributed by atoms with Gasteiger partial charge >= 0.3 is 5.66 Å². The van der Waals surface area contributed by atoms with Gasteiger partial charge in [-0.1, -0.05) is 18.2 Å². The molecule has 0 unspecified atom stereocenters. The van der Waals surface area contributed by atoms with E-state index in [4.69, 9.17) is 0 Å². The highest BCUT2D eigenvalue weighted by molar-refractivity contribution is 5.76. The van der Waals surface area contributed by atoms with Crippen molar-refractivity contribution in [1.29, 1.82) is 0 Å². The van der Waals surface area contributed by atoms with E-state index >= 15 is 0 Å². The van der Waals surface area contributed by atoms with Crippen LogP contribution in [0.15, 0.2) is 30.3 Å². The molecular formula is C12H8N4O4. The lowest BCUT2D eigenvalue weighted by Crippen LogP contribution is -2.45. The van der Waals surface area contributed by atoms with Gasteiger partial charge in [0.1, 0.15) is 22.0 Å². The maximum absolute atomic E-state index is 11.3. The Labute approximate surface area is 112 Å². The van der Waals surface area contributed by atoms with E-state index in [1.54, 1.807) is 24.3 Å². The van der Waals surface area contributed by atoms with Crippen LogP contribution in [-0.4, -0.2) is 19.8 Å². The van der Waals surface area contributed by atoms with Crippen LogP contribution in [-0.2, 0) is 5.66 Å². The quantitative estimate of drug-likeness (QED) is 0.467. The molecule has 2 aromatic rings. The van der Waals surface area contributed by atoms with Crippen LogP contribution < -0.4 is 0 Å². The fourth-order valence-electron chi connectivity index (χ4n) is 2.24. The molecule has 0 saturated carbocycles. The van der Waals surface area contributed by atoms with Crippen molar-refractivity contribution in [2.75, 3.05) is 0 Å². The van der Waals surface area contributed by atoms with Crippen LogP contribution in [0.3, 0.4) is 0 Å². The lowest BCUT2D eigenvalue weighted by Gasteiger charge is -2.19. The average Bonchev–Trinajstić information content (AvgIpc) is 2.43. The largest absolute Gasteiger partial charge is 0.505 e. The van der Waals surface area contributed by atoms with Gasteiger partial charge < -0.3 is 0 Å². The first-order chi connectivity index (χ1) is 9.55. The molecular weight excluding hydrogens is 264 g/mol. The van der Waals surface area contributed by atoms with Gasteiger partial charge in [0.2, 0.25) is 5.69 Å². The second-order valence-corrected chi connectivity index (χ2v) is 4.38. The second kappa shape index (κ2) is 4.05. The maximum Gasteiger partial charge on any atom is 0.505 e. The number of rotatable bonds is 2. The Morgan fingerprint density at radius 1 is 1.05 bits per heavy atom. The van der Waals surface area contributed by atoms with Crippen LogP contribution in [0, 0.1) is 20.2 Å². The normalized spacial score (nSPS) is 15.8. The summed E-state index contributed by atoms with van der Waals surface area (Å²) in [6, 6.07) is 6.77. The first-order valence-corrected chi connectivity index (χ1v) is 5.78. The van der Waals surface area contributed by atoms with E-state index in [1.165, 1.54) is 12.2 Å². The van der Waals surface area contributed by atoms with Gasteiger partial charge in [-0.2, -0.15) is 0 Å². The van der Waals surface area contributed by atoms with Crippen molar-refractivity contribution in [1.82, 2.24) is 9.97 Å². The summed E-state index contributed by atoms with van der Waals surface area (Å²) in [6.07, 6.45) is 2.57. The summed E-state index contributed by atoms with van der Waals surface area (Å²) in [5, 5.41) is 22.6. The summed E-state index contributed by atoms with van der Waals surface area (Å²) in [6.45, 7) is 0. The van der Waals surface area contributed by atoms with Crippen molar-refractivity contribution >= 4 is 17.1 Å². The predicted octanol–water partition coefficient (Wildman–Crippen LogP) is 1.75. The van der Waals surface area contributed by atoms with Crippen LogP contribution in [0.1, 0.15) is 17.8 Å². The van der Waals surface area contributed by atoms with Gasteiger partial charge in [0.15, 0.2) is 0 Å². The van der Waals surface area contributed by atoms with Crippen LogP contribution in [0.4, 0.5) is 0 Å². The molecule has 0 saturated heterocycles. The van der Waals surface area contributed by atoms with E-state index in [2.05, 4.69) is 9.97 Å². The standard InChI is InChI=1S/C12H8N4O4/c17-15(18)12(16(19)20)7-3-6-10-11(12)14-9-5-2-1-4-8(9)13-10/h1-6H,7H2. The molecule has 1 heterocycles. The van der Waals surface area contributed by atoms with Gasteiger partial charge in [0.25, 0.3) is 0 Å². The van der Waals surface area contributed by atoms with Gasteiger partial charge in [0.05, 0.1) is 11.0 Å². The molecule has 8 nitrogen and oxygen atoms in total. The molecule has 0 amide bonds. The van der Waals surface area contributed by atoms with E-state index in [0.29, 0.717) is 11.0 Å². The van der Waals surface area contributed by atoms with Gasteiger partial charge in [-0.25, -0.2) is 9.97 Å². The highest BCUT2D eigenvalue weighted by Gasteiger charge is 2.61. The molecule has 0 bridgehead atoms. The Bertz CT molecular complexity index is 757. The average molecular weight is 272 g/mol. The number of hydrogen-bond donors (Lipinski definition) is 0. The van der Waals surface area contributed by atoms with E-state index in [-0.39, 0.29) is 17.8 Å². The minimum Gasteiger partial charge on any atom is -0.258 e. The second-order valence-electron chi connectivity index (χ2n) is 4.38. The third kappa shape index (κ3) is 1.48. The Morgan fingerprint density at radius 3 is 2.25 bits per heavy atom. The minimum absolute atomic E-state index is 0.170. The van der Waals surface area contributed by atoms with Gasteiger partial charge in [-0.3, -0.25) is 20.2 Å². The predicted molar refractivity (Wildman–Crippen MR) is 68.9 cm³/mol. The minimum atomic E-state index is -2.46. The zero-order chi connectivity index (χ0) is 14.3. The molecule has 0 atom stereocenters. The third-order valence-electron chi connectivity index (χ3n) is 3.26. The first-order valence-electron chi connectivity index (χ1n) is 5.78. The van der Waals surface area contributed by atoms with E-state index in [1.807, 2.05) is 0 Å². The molecule has 0 fully saturated rings. The summed E-state index contributed by atoms with van der Waals surface area (Å²) in [5.74, 6) is 0. The Kier molecular flexibility index (Phi) is 2.46. The van der Waals surface area contributed by atoms with E-state index in [9.17, 15) is 20.2 Å². The Balaban J connectivity index is 2.37. The summed E-state index contributed by atoms with van der Waals surface area (Å²) in [5.41, 5.74) is -1.56. The fourth-order valence-corrected chi connectivity index (χ4v) is 2.24. The van der Waals surface area contributed by atoms with Crippen molar-refractivity contribution in [3.8, 4) is 0 Å². The number of fused-ring (bicyclic) bond motifs is 2. The number of para-hydroxylation sites is 2. The van der Waals surface area contributed by atoms with Crippen molar-refractivity contribution in [3.63, 3.8) is 0 Å². The molecule has 0 radical (unpaired) electrons. The molecule has 20 heavy (non-hydrogen) atoms. The molecule has 0 aliphatic heterocycles. The van der Waals surface area contributed by atoms with Crippen LogP contribution in [0.5, 0.6) is 0 Å². The fraction of sp³-hybridized carbons (Fsp3) is 0.167. The molecule has 1 aromatic heterocycles. The molecule has 1 aromatic carbocycles. The zero-order valence-corrected chi connectivity index (χ0v) is 10.1. The topological polar surface area (TPSA) is 112 Å². The summed E-state index contributed by atoms with van der Waals surface area (Å²) >= 11 is 0. The van der Waals surface area contributed by atoms with Crippen molar-refractivity contribution in [2.45, 2.75) is 12.1 Å². The molecule has 100 valence electrons. The molecule has 0 spiro atoms. The SMILES string of the molecule is O=[N+]([O-])C1([N+](=O)[O-])CC=Cc2nc3ccccc3nc21. The molecule has 1 aliphatic rings. The highest BCUT2D eigenvalue weighted by atomic mass is 16.7. The van der Waals surface area contributed by atoms with E-state index < -0.39 is 15.5 Å². The molecule has 1 aliphatic carbocycles. The number of nitro groups is 2. The van der Waals surface area contributed by atoms with Crippen molar-refractivity contribution in [3.05, 3.63) is 62.0 Å². The monoisotopic (exact) mass is 272 g/mol. The smallest absolute Gasteiger partial charge is 0.258 e. The van der Waals surface area contributed by atoms with Gasteiger partial charge in [-0.05, 0) is 18.2 Å². The molecule has 8 heteroatoms. The van der Waals surface area contributed by atoms with Crippen molar-refractivity contribution in [2.24, 2.45) is 0 Å². The number of benzene rings is 1. The number of aromatic nitrogens is 2. The lowest BCUT2D eigenvalue weighted by atomic mass is 9.95. The van der Waals surface area contributed by atoms with Gasteiger partial charge in [0, 0.05) is 0 Å². The van der Waals surface area contributed by atoms with E-state index in [0.717, 1.165) is 0 Å². The van der Waals surface area contributed by atoms with Crippen LogP contribution in [0.2, 0.25) is 0 Å². The van der Waals surface area contributed by atoms with Crippen molar-refractivity contribution < 1.29 is 9.85 Å². The zero-order valence-electron chi connectivity index (χ0n) is 10.1. The lowest BCUT2D eigenvalue weighted by molar-refractivity contribution is -0.810. The highest BCUT2D eigenvalue weighted by Crippen LogP contribution is 2.35. The number of nitrogens with zero attached hydrogens (tertiary/aromatic N) is 4. The Morgan fingerprint density at radius 2 is 1.65 bits per heavy atom.